The Bertz CT molecular complexity index is 712. The van der Waals surface area contributed by atoms with Gasteiger partial charge >= 0.3 is 0 Å². The van der Waals surface area contributed by atoms with Crippen molar-refractivity contribution < 1.29 is 5.11 Å². The number of imidazole rings is 1. The van der Waals surface area contributed by atoms with E-state index in [1.807, 2.05) is 12.1 Å². The van der Waals surface area contributed by atoms with Crippen molar-refractivity contribution in [1.82, 2.24) is 14.6 Å². The van der Waals surface area contributed by atoms with Crippen molar-refractivity contribution >= 4 is 16.3 Å². The van der Waals surface area contributed by atoms with Gasteiger partial charge in [-0.3, -0.25) is 0 Å². The minimum atomic E-state index is -0.0583. The summed E-state index contributed by atoms with van der Waals surface area (Å²) in [4.78, 5) is 5.45. The molecule has 0 amide bonds. The number of benzene rings is 1. The van der Waals surface area contributed by atoms with Gasteiger partial charge in [-0.2, -0.15) is 5.10 Å². The van der Waals surface area contributed by atoms with Crippen molar-refractivity contribution in [2.45, 2.75) is 26.9 Å². The summed E-state index contributed by atoms with van der Waals surface area (Å²) in [5.41, 5.74) is 3.81. The van der Waals surface area contributed by atoms with E-state index in [1.165, 1.54) is 5.56 Å². The zero-order valence-electron chi connectivity index (χ0n) is 10.9. The number of hydrogen-bond acceptors (Lipinski definition) is 4. The van der Waals surface area contributed by atoms with E-state index in [4.69, 9.17) is 0 Å². The maximum atomic E-state index is 9.61. The summed E-state index contributed by atoms with van der Waals surface area (Å²) in [6.07, 6.45) is 0.888. The highest BCUT2D eigenvalue weighted by molar-refractivity contribution is 7.16. The zero-order valence-corrected chi connectivity index (χ0v) is 11.7. The monoisotopic (exact) mass is 273 g/mol. The van der Waals surface area contributed by atoms with E-state index in [-0.39, 0.29) is 6.61 Å². The van der Waals surface area contributed by atoms with Crippen LogP contribution in [-0.2, 0) is 13.0 Å². The summed E-state index contributed by atoms with van der Waals surface area (Å²) in [6, 6.07) is 8.16. The molecule has 0 atom stereocenters. The number of aromatic nitrogens is 3. The molecule has 4 nitrogen and oxygen atoms in total. The van der Waals surface area contributed by atoms with Gasteiger partial charge in [-0.15, -0.1) is 0 Å². The molecule has 0 saturated heterocycles. The maximum absolute atomic E-state index is 9.61. The van der Waals surface area contributed by atoms with Gasteiger partial charge in [0, 0.05) is 5.56 Å². The fourth-order valence-electron chi connectivity index (χ4n) is 2.06. The molecule has 0 unspecified atom stereocenters. The highest BCUT2D eigenvalue weighted by Crippen LogP contribution is 2.27. The van der Waals surface area contributed by atoms with Gasteiger partial charge in [0.25, 0.3) is 0 Å². The molecule has 0 bridgehead atoms. The third-order valence-electron chi connectivity index (χ3n) is 3.12. The lowest BCUT2D eigenvalue weighted by molar-refractivity contribution is 0.275. The molecule has 0 radical (unpaired) electrons. The van der Waals surface area contributed by atoms with Crippen LogP contribution in [-0.4, -0.2) is 19.7 Å². The highest BCUT2D eigenvalue weighted by atomic mass is 32.1. The largest absolute Gasteiger partial charge is 0.390 e. The predicted octanol–water partition coefficient (Wildman–Crippen LogP) is 2.82. The Morgan fingerprint density at radius 2 is 2.00 bits per heavy atom. The second kappa shape index (κ2) is 4.75. The maximum Gasteiger partial charge on any atom is 0.213 e. The SMILES string of the molecule is CCc1nn2c(CO)c(-c3ccc(C)cc3)nc2s1. The summed E-state index contributed by atoms with van der Waals surface area (Å²) < 4.78 is 1.76. The molecule has 3 rings (SSSR count). The molecule has 1 N–H and O–H groups in total. The number of aliphatic hydroxyl groups excluding tert-OH is 1. The van der Waals surface area contributed by atoms with E-state index in [1.54, 1.807) is 15.9 Å². The van der Waals surface area contributed by atoms with Gasteiger partial charge in [0.1, 0.15) is 5.01 Å². The molecule has 3 aromatic rings. The van der Waals surface area contributed by atoms with E-state index in [0.29, 0.717) is 0 Å². The molecule has 0 spiro atoms. The van der Waals surface area contributed by atoms with Crippen LogP contribution in [0.5, 0.6) is 0 Å². The van der Waals surface area contributed by atoms with Crippen LogP contribution < -0.4 is 0 Å². The molecule has 0 aliphatic heterocycles. The molecule has 1 aromatic carbocycles. The van der Waals surface area contributed by atoms with E-state index in [9.17, 15) is 5.11 Å². The van der Waals surface area contributed by atoms with Crippen molar-refractivity contribution in [2.75, 3.05) is 0 Å². The lowest BCUT2D eigenvalue weighted by atomic mass is 10.1. The van der Waals surface area contributed by atoms with E-state index in [0.717, 1.165) is 33.3 Å². The highest BCUT2D eigenvalue weighted by Gasteiger charge is 2.16. The molecule has 5 heteroatoms. The number of aliphatic hydroxyl groups is 1. The molecule has 0 aliphatic carbocycles. The minimum Gasteiger partial charge on any atom is -0.390 e. The van der Waals surface area contributed by atoms with E-state index < -0.39 is 0 Å². The van der Waals surface area contributed by atoms with Gasteiger partial charge in [0.2, 0.25) is 4.96 Å². The van der Waals surface area contributed by atoms with Gasteiger partial charge in [-0.25, -0.2) is 9.50 Å². The molecule has 2 aromatic heterocycles. The van der Waals surface area contributed by atoms with Gasteiger partial charge in [-0.05, 0) is 13.3 Å². The summed E-state index contributed by atoms with van der Waals surface area (Å²) in [7, 11) is 0. The Hall–Kier alpha value is -1.72. The molecular formula is C14H15N3OS. The van der Waals surface area contributed by atoms with E-state index in [2.05, 4.69) is 36.1 Å². The molecule has 0 saturated carbocycles. The first kappa shape index (κ1) is 12.3. The second-order valence-electron chi connectivity index (χ2n) is 4.47. The molecule has 98 valence electrons. The molecule has 19 heavy (non-hydrogen) atoms. The number of fused-ring (bicyclic) bond motifs is 1. The Labute approximate surface area is 115 Å². The standard InChI is InChI=1S/C14H15N3OS/c1-3-12-16-17-11(8-18)13(15-14(17)19-12)10-6-4-9(2)5-7-10/h4-7,18H,3,8H2,1-2H3. The van der Waals surface area contributed by atoms with E-state index >= 15 is 0 Å². The normalized spacial score (nSPS) is 11.3. The topological polar surface area (TPSA) is 50.4 Å². The van der Waals surface area contributed by atoms with Crippen molar-refractivity contribution in [3.05, 3.63) is 40.5 Å². The molecule has 2 heterocycles. The quantitative estimate of drug-likeness (QED) is 0.798. The van der Waals surface area contributed by atoms with Gasteiger partial charge < -0.3 is 5.11 Å². The smallest absolute Gasteiger partial charge is 0.213 e. The summed E-state index contributed by atoms with van der Waals surface area (Å²) in [5.74, 6) is 0. The summed E-state index contributed by atoms with van der Waals surface area (Å²) in [5, 5.41) is 15.1. The van der Waals surface area contributed by atoms with Crippen LogP contribution in [0.25, 0.3) is 16.2 Å². The first-order valence-electron chi connectivity index (χ1n) is 6.28. The first-order chi connectivity index (χ1) is 9.22. The van der Waals surface area contributed by atoms with Gasteiger partial charge in [0.15, 0.2) is 0 Å². The molecular weight excluding hydrogens is 258 g/mol. The Balaban J connectivity index is 2.18. The van der Waals surface area contributed by atoms with Crippen LogP contribution in [0.15, 0.2) is 24.3 Å². The van der Waals surface area contributed by atoms with Crippen molar-refractivity contribution in [1.29, 1.82) is 0 Å². The predicted molar refractivity (Wildman–Crippen MR) is 76.3 cm³/mol. The summed E-state index contributed by atoms with van der Waals surface area (Å²) >= 11 is 1.58. The number of nitrogens with zero attached hydrogens (tertiary/aromatic N) is 3. The fourth-order valence-corrected chi connectivity index (χ4v) is 2.91. The average Bonchev–Trinajstić information content (AvgIpc) is 2.96. The van der Waals surface area contributed by atoms with Crippen LogP contribution in [0.4, 0.5) is 0 Å². The Morgan fingerprint density at radius 3 is 2.63 bits per heavy atom. The number of aryl methyl sites for hydroxylation is 2. The Morgan fingerprint density at radius 1 is 1.26 bits per heavy atom. The number of hydrogen-bond donors (Lipinski definition) is 1. The second-order valence-corrected chi connectivity index (χ2v) is 5.52. The van der Waals surface area contributed by atoms with Crippen LogP contribution in [0.2, 0.25) is 0 Å². The average molecular weight is 273 g/mol. The van der Waals surface area contributed by atoms with Crippen LogP contribution in [0, 0.1) is 6.92 Å². The van der Waals surface area contributed by atoms with Gasteiger partial charge in [-0.1, -0.05) is 48.1 Å². The third-order valence-corrected chi connectivity index (χ3v) is 4.17. The fraction of sp³-hybridized carbons (Fsp3) is 0.286. The third kappa shape index (κ3) is 2.05. The van der Waals surface area contributed by atoms with Crippen LogP contribution >= 0.6 is 11.3 Å². The zero-order chi connectivity index (χ0) is 13.4. The van der Waals surface area contributed by atoms with Crippen molar-refractivity contribution in [2.24, 2.45) is 0 Å². The minimum absolute atomic E-state index is 0.0583. The van der Waals surface area contributed by atoms with Crippen LogP contribution in [0.1, 0.15) is 23.2 Å². The van der Waals surface area contributed by atoms with Crippen molar-refractivity contribution in [3.63, 3.8) is 0 Å². The van der Waals surface area contributed by atoms with Crippen LogP contribution in [0.3, 0.4) is 0 Å². The van der Waals surface area contributed by atoms with Gasteiger partial charge in [0.05, 0.1) is 18.0 Å². The number of rotatable bonds is 3. The first-order valence-corrected chi connectivity index (χ1v) is 7.09. The van der Waals surface area contributed by atoms with Crippen molar-refractivity contribution in [3.8, 4) is 11.3 Å². The lowest BCUT2D eigenvalue weighted by Crippen LogP contribution is -1.96. The lowest BCUT2D eigenvalue weighted by Gasteiger charge is -2.01. The Kier molecular flexibility index (Phi) is 3.08. The molecule has 0 fully saturated rings. The molecule has 0 aliphatic rings. The summed E-state index contributed by atoms with van der Waals surface area (Å²) in [6.45, 7) is 4.06.